The molecule has 0 saturated heterocycles. The first-order valence-electron chi connectivity index (χ1n) is 8.17. The van der Waals surface area contributed by atoms with Crippen LogP contribution in [0.1, 0.15) is 27.2 Å². The van der Waals surface area contributed by atoms with E-state index in [-0.39, 0.29) is 13.4 Å². The molecule has 0 N–H and O–H groups in total. The van der Waals surface area contributed by atoms with Crippen LogP contribution >= 0.6 is 11.6 Å². The van der Waals surface area contributed by atoms with Gasteiger partial charge in [0.25, 0.3) is 0 Å². The van der Waals surface area contributed by atoms with Gasteiger partial charge in [-0.25, -0.2) is 4.79 Å². The van der Waals surface area contributed by atoms with Crippen LogP contribution in [0, 0.1) is 6.92 Å². The van der Waals surface area contributed by atoms with E-state index >= 15 is 0 Å². The third kappa shape index (κ3) is 3.23. The van der Waals surface area contributed by atoms with Gasteiger partial charge in [0.05, 0.1) is 17.7 Å². The zero-order valence-corrected chi connectivity index (χ0v) is 14.9. The largest absolute Gasteiger partial charge is 0.467 e. The van der Waals surface area contributed by atoms with E-state index in [1.54, 1.807) is 18.2 Å². The van der Waals surface area contributed by atoms with E-state index in [0.29, 0.717) is 22.9 Å². The van der Waals surface area contributed by atoms with Crippen molar-refractivity contribution in [3.63, 3.8) is 0 Å². The van der Waals surface area contributed by atoms with Crippen LogP contribution in [-0.2, 0) is 22.7 Å². The first-order chi connectivity index (χ1) is 12.6. The zero-order chi connectivity index (χ0) is 18.1. The number of rotatable bonds is 3. The molecule has 3 aromatic rings. The highest BCUT2D eigenvalue weighted by Gasteiger charge is 2.19. The Kier molecular flexibility index (Phi) is 4.49. The number of esters is 1. The predicted octanol–water partition coefficient (Wildman–Crippen LogP) is 4.42. The van der Waals surface area contributed by atoms with Crippen LogP contribution in [0.25, 0.3) is 10.9 Å². The Balaban J connectivity index is 1.62. The summed E-state index contributed by atoms with van der Waals surface area (Å²) in [4.78, 5) is 17.1. The Labute approximate surface area is 155 Å². The second kappa shape index (κ2) is 6.94. The summed E-state index contributed by atoms with van der Waals surface area (Å²) in [6.07, 6.45) is 0. The molecule has 0 bridgehead atoms. The monoisotopic (exact) mass is 369 g/mol. The normalized spacial score (nSPS) is 13.2. The van der Waals surface area contributed by atoms with Gasteiger partial charge in [-0.1, -0.05) is 29.8 Å². The average Bonchev–Trinajstić information content (AvgIpc) is 2.65. The molecule has 0 radical (unpaired) electrons. The molecule has 2 aromatic carbocycles. The quantitative estimate of drug-likeness (QED) is 0.639. The van der Waals surface area contributed by atoms with E-state index in [0.717, 1.165) is 27.7 Å². The van der Waals surface area contributed by atoms with Crippen LogP contribution in [0.4, 0.5) is 0 Å². The van der Waals surface area contributed by atoms with Crippen LogP contribution in [0.5, 0.6) is 5.75 Å². The van der Waals surface area contributed by atoms with Crippen molar-refractivity contribution >= 4 is 28.5 Å². The standard InChI is InChI=1S/C20H16ClNO4/c1-12-6-17(16-4-2-3-5-18(16)22-12)20(23)25-10-14-8-15(21)7-13-9-24-11-26-19(13)14/h2-8H,9-11H2,1H3. The van der Waals surface area contributed by atoms with Crippen molar-refractivity contribution < 1.29 is 19.0 Å². The molecule has 0 unspecified atom stereocenters. The summed E-state index contributed by atoms with van der Waals surface area (Å²) in [5.74, 6) is 0.261. The third-order valence-electron chi connectivity index (χ3n) is 4.17. The number of halogens is 1. The van der Waals surface area contributed by atoms with E-state index in [4.69, 9.17) is 25.8 Å². The number of benzene rings is 2. The number of hydrogen-bond donors (Lipinski definition) is 0. The molecule has 0 atom stereocenters. The summed E-state index contributed by atoms with van der Waals surface area (Å²) in [6, 6.07) is 12.8. The van der Waals surface area contributed by atoms with E-state index < -0.39 is 5.97 Å². The number of para-hydroxylation sites is 1. The van der Waals surface area contributed by atoms with E-state index in [1.807, 2.05) is 31.2 Å². The molecule has 0 fully saturated rings. The zero-order valence-electron chi connectivity index (χ0n) is 14.1. The summed E-state index contributed by atoms with van der Waals surface area (Å²) in [7, 11) is 0. The average molecular weight is 370 g/mol. The fraction of sp³-hybridized carbons (Fsp3) is 0.200. The summed E-state index contributed by atoms with van der Waals surface area (Å²) in [5.41, 5.74) is 3.59. The lowest BCUT2D eigenvalue weighted by Crippen LogP contribution is -2.14. The van der Waals surface area contributed by atoms with Gasteiger partial charge in [-0.15, -0.1) is 0 Å². The summed E-state index contributed by atoms with van der Waals surface area (Å²) >= 11 is 6.15. The summed E-state index contributed by atoms with van der Waals surface area (Å²) in [6.45, 7) is 2.51. The van der Waals surface area contributed by atoms with Crippen molar-refractivity contribution in [1.29, 1.82) is 0 Å². The molecule has 1 aromatic heterocycles. The molecule has 2 heterocycles. The van der Waals surface area contributed by atoms with Crippen molar-refractivity contribution in [3.05, 3.63) is 69.9 Å². The molecule has 1 aliphatic heterocycles. The molecule has 0 aliphatic carbocycles. The Morgan fingerprint density at radius 1 is 1.27 bits per heavy atom. The van der Waals surface area contributed by atoms with Gasteiger partial charge in [0, 0.05) is 27.2 Å². The lowest BCUT2D eigenvalue weighted by molar-refractivity contribution is -0.0180. The van der Waals surface area contributed by atoms with Crippen LogP contribution < -0.4 is 4.74 Å². The maximum Gasteiger partial charge on any atom is 0.339 e. The molecule has 5 nitrogen and oxygen atoms in total. The lowest BCUT2D eigenvalue weighted by Gasteiger charge is -2.21. The second-order valence-corrected chi connectivity index (χ2v) is 6.50. The van der Waals surface area contributed by atoms with Crippen molar-refractivity contribution in [1.82, 2.24) is 4.98 Å². The van der Waals surface area contributed by atoms with Crippen molar-refractivity contribution in [3.8, 4) is 5.75 Å². The van der Waals surface area contributed by atoms with Gasteiger partial charge < -0.3 is 14.2 Å². The van der Waals surface area contributed by atoms with Crippen LogP contribution in [0.15, 0.2) is 42.5 Å². The van der Waals surface area contributed by atoms with Gasteiger partial charge in [-0.2, -0.15) is 0 Å². The minimum atomic E-state index is -0.410. The van der Waals surface area contributed by atoms with Gasteiger partial charge in [-0.05, 0) is 31.2 Å². The maximum atomic E-state index is 12.7. The summed E-state index contributed by atoms with van der Waals surface area (Å²) < 4.78 is 16.4. The second-order valence-electron chi connectivity index (χ2n) is 6.07. The number of hydrogen-bond acceptors (Lipinski definition) is 5. The molecule has 4 rings (SSSR count). The fourth-order valence-electron chi connectivity index (χ4n) is 3.06. The molecule has 1 aliphatic rings. The molecule has 26 heavy (non-hydrogen) atoms. The van der Waals surface area contributed by atoms with Crippen molar-refractivity contribution in [2.45, 2.75) is 20.1 Å². The minimum absolute atomic E-state index is 0.0669. The maximum absolute atomic E-state index is 12.7. The van der Waals surface area contributed by atoms with E-state index in [1.165, 1.54) is 0 Å². The Morgan fingerprint density at radius 2 is 2.12 bits per heavy atom. The highest BCUT2D eigenvalue weighted by Crippen LogP contribution is 2.32. The van der Waals surface area contributed by atoms with Gasteiger partial charge in [-0.3, -0.25) is 4.98 Å². The minimum Gasteiger partial charge on any atom is -0.467 e. The van der Waals surface area contributed by atoms with E-state index in [9.17, 15) is 4.79 Å². The third-order valence-corrected chi connectivity index (χ3v) is 4.39. The number of aromatic nitrogens is 1. The topological polar surface area (TPSA) is 57.7 Å². The number of nitrogens with zero attached hydrogens (tertiary/aromatic N) is 1. The first-order valence-corrected chi connectivity index (χ1v) is 8.55. The first kappa shape index (κ1) is 16.8. The fourth-order valence-corrected chi connectivity index (χ4v) is 3.33. The number of fused-ring (bicyclic) bond motifs is 2. The molecule has 132 valence electrons. The molecule has 6 heteroatoms. The highest BCUT2D eigenvalue weighted by atomic mass is 35.5. The Morgan fingerprint density at radius 3 is 3.00 bits per heavy atom. The number of carbonyl (C=O) groups is 1. The Hall–Kier alpha value is -2.63. The lowest BCUT2D eigenvalue weighted by atomic mass is 10.1. The highest BCUT2D eigenvalue weighted by molar-refractivity contribution is 6.30. The van der Waals surface area contributed by atoms with Crippen molar-refractivity contribution in [2.24, 2.45) is 0 Å². The molecule has 0 spiro atoms. The number of ether oxygens (including phenoxy) is 3. The van der Waals surface area contributed by atoms with Crippen LogP contribution in [0.3, 0.4) is 0 Å². The van der Waals surface area contributed by atoms with E-state index in [2.05, 4.69) is 4.98 Å². The van der Waals surface area contributed by atoms with Gasteiger partial charge in [0.2, 0.25) is 0 Å². The number of aryl methyl sites for hydroxylation is 1. The van der Waals surface area contributed by atoms with Crippen LogP contribution in [0.2, 0.25) is 5.02 Å². The smallest absolute Gasteiger partial charge is 0.339 e. The Bertz CT molecular complexity index is 1000. The molecular formula is C20H16ClNO4. The van der Waals surface area contributed by atoms with Crippen LogP contribution in [-0.4, -0.2) is 17.7 Å². The SMILES string of the molecule is Cc1cc(C(=O)OCc2cc(Cl)cc3c2OCOC3)c2ccccc2n1. The number of carbonyl (C=O) groups excluding carboxylic acids is 1. The van der Waals surface area contributed by atoms with Crippen molar-refractivity contribution in [2.75, 3.05) is 6.79 Å². The van der Waals surface area contributed by atoms with Gasteiger partial charge in [0.15, 0.2) is 6.79 Å². The van der Waals surface area contributed by atoms with Gasteiger partial charge >= 0.3 is 5.97 Å². The molecular weight excluding hydrogens is 354 g/mol. The number of pyridine rings is 1. The molecule has 0 amide bonds. The summed E-state index contributed by atoms with van der Waals surface area (Å²) in [5, 5.41) is 1.31. The molecule has 0 saturated carbocycles. The predicted molar refractivity (Wildman–Crippen MR) is 97.3 cm³/mol. The van der Waals surface area contributed by atoms with Gasteiger partial charge in [0.1, 0.15) is 12.4 Å².